The zero-order valence-corrected chi connectivity index (χ0v) is 14.0. The summed E-state index contributed by atoms with van der Waals surface area (Å²) in [7, 11) is 0. The molecule has 0 aliphatic carbocycles. The highest BCUT2D eigenvalue weighted by atomic mass is 35.5. The summed E-state index contributed by atoms with van der Waals surface area (Å²) in [4.78, 5) is 12.4. The molecule has 0 fully saturated rings. The monoisotopic (exact) mass is 358 g/mol. The van der Waals surface area contributed by atoms with E-state index >= 15 is 0 Å². The Kier molecular flexibility index (Phi) is 4.19. The summed E-state index contributed by atoms with van der Waals surface area (Å²) in [6.45, 7) is 1.14. The lowest BCUT2D eigenvalue weighted by Crippen LogP contribution is -2.15. The van der Waals surface area contributed by atoms with E-state index in [-0.39, 0.29) is 12.3 Å². The standard InChI is InChI=1S/C18H15ClN2O4/c19-12-8-16-17(24-7-3-6-23-16)9-14(12)20-18(22)10-13-11-4-1-2-5-15(11)25-21-13/h1-2,4-5,8-9H,3,6-7,10H2,(H,20,22). The van der Waals surface area contributed by atoms with Gasteiger partial charge in [-0.3, -0.25) is 4.79 Å². The van der Waals surface area contributed by atoms with Gasteiger partial charge in [0.1, 0.15) is 5.69 Å². The SMILES string of the molecule is O=C(Cc1noc2ccccc12)Nc1cc2c(cc1Cl)OCCCO2. The number of amides is 1. The van der Waals surface area contributed by atoms with Crippen LogP contribution in [0, 0.1) is 0 Å². The van der Waals surface area contributed by atoms with Crippen molar-refractivity contribution < 1.29 is 18.8 Å². The lowest BCUT2D eigenvalue weighted by molar-refractivity contribution is -0.115. The highest BCUT2D eigenvalue weighted by Crippen LogP contribution is 2.37. The maximum absolute atomic E-state index is 12.4. The molecule has 0 unspecified atom stereocenters. The van der Waals surface area contributed by atoms with E-state index in [4.69, 9.17) is 25.6 Å². The Hall–Kier alpha value is -2.73. The number of carbonyl (C=O) groups excluding carboxylic acids is 1. The number of anilines is 1. The first kappa shape index (κ1) is 15.8. The molecule has 0 radical (unpaired) electrons. The van der Waals surface area contributed by atoms with E-state index in [2.05, 4.69) is 10.5 Å². The van der Waals surface area contributed by atoms with Crippen molar-refractivity contribution in [1.29, 1.82) is 0 Å². The molecule has 2 aromatic carbocycles. The van der Waals surface area contributed by atoms with E-state index in [0.717, 1.165) is 11.8 Å². The molecule has 1 amide bonds. The van der Waals surface area contributed by atoms with Crippen molar-refractivity contribution in [2.45, 2.75) is 12.8 Å². The molecule has 1 aliphatic heterocycles. The topological polar surface area (TPSA) is 73.6 Å². The number of benzene rings is 2. The summed E-state index contributed by atoms with van der Waals surface area (Å²) in [5, 5.41) is 7.98. The molecule has 6 nitrogen and oxygen atoms in total. The number of hydrogen-bond donors (Lipinski definition) is 1. The molecular weight excluding hydrogens is 344 g/mol. The summed E-state index contributed by atoms with van der Waals surface area (Å²) < 4.78 is 16.4. The van der Waals surface area contributed by atoms with Crippen molar-refractivity contribution in [3.63, 3.8) is 0 Å². The first-order valence-corrected chi connectivity index (χ1v) is 8.31. The van der Waals surface area contributed by atoms with Crippen molar-refractivity contribution in [1.82, 2.24) is 5.16 Å². The van der Waals surface area contributed by atoms with E-state index < -0.39 is 0 Å². The second kappa shape index (κ2) is 6.64. The van der Waals surface area contributed by atoms with Crippen LogP contribution in [0.5, 0.6) is 11.5 Å². The molecule has 0 spiro atoms. The van der Waals surface area contributed by atoms with Crippen LogP contribution >= 0.6 is 11.6 Å². The van der Waals surface area contributed by atoms with Crippen molar-refractivity contribution in [2.75, 3.05) is 18.5 Å². The maximum Gasteiger partial charge on any atom is 0.230 e. The Balaban J connectivity index is 1.53. The van der Waals surface area contributed by atoms with Crippen LogP contribution in [0.3, 0.4) is 0 Å². The fourth-order valence-corrected chi connectivity index (χ4v) is 2.89. The fraction of sp³-hybridized carbons (Fsp3) is 0.222. The van der Waals surface area contributed by atoms with Gasteiger partial charge in [-0.25, -0.2) is 0 Å². The smallest absolute Gasteiger partial charge is 0.230 e. The lowest BCUT2D eigenvalue weighted by Gasteiger charge is -2.12. The van der Waals surface area contributed by atoms with Gasteiger partial charge >= 0.3 is 0 Å². The fourth-order valence-electron chi connectivity index (χ4n) is 2.69. The predicted octanol–water partition coefficient (Wildman–Crippen LogP) is 3.82. The summed E-state index contributed by atoms with van der Waals surface area (Å²) in [5.74, 6) is 0.919. The van der Waals surface area contributed by atoms with E-state index in [9.17, 15) is 4.79 Å². The van der Waals surface area contributed by atoms with Crippen LogP contribution in [0.2, 0.25) is 5.02 Å². The molecular formula is C18H15ClN2O4. The molecule has 7 heteroatoms. The molecule has 1 aromatic heterocycles. The third kappa shape index (κ3) is 3.25. The molecule has 128 valence electrons. The molecule has 0 atom stereocenters. The van der Waals surface area contributed by atoms with Gasteiger partial charge in [0.05, 0.1) is 30.3 Å². The first-order chi connectivity index (χ1) is 12.2. The van der Waals surface area contributed by atoms with Crippen molar-refractivity contribution in [2.24, 2.45) is 0 Å². The van der Waals surface area contributed by atoms with Crippen LogP contribution in [-0.4, -0.2) is 24.3 Å². The van der Waals surface area contributed by atoms with Crippen LogP contribution in [0.4, 0.5) is 5.69 Å². The van der Waals surface area contributed by atoms with Crippen LogP contribution in [-0.2, 0) is 11.2 Å². The van der Waals surface area contributed by atoms with E-state index in [1.807, 2.05) is 24.3 Å². The van der Waals surface area contributed by atoms with Crippen molar-refractivity contribution in [3.8, 4) is 11.5 Å². The van der Waals surface area contributed by atoms with Gasteiger partial charge in [0.15, 0.2) is 17.1 Å². The van der Waals surface area contributed by atoms with Gasteiger partial charge in [0.25, 0.3) is 0 Å². The third-order valence-electron chi connectivity index (χ3n) is 3.89. The highest BCUT2D eigenvalue weighted by Gasteiger charge is 2.17. The number of fused-ring (bicyclic) bond motifs is 2. The van der Waals surface area contributed by atoms with E-state index in [1.165, 1.54) is 0 Å². The summed E-state index contributed by atoms with van der Waals surface area (Å²) >= 11 is 6.25. The highest BCUT2D eigenvalue weighted by molar-refractivity contribution is 6.34. The van der Waals surface area contributed by atoms with Gasteiger partial charge in [-0.05, 0) is 12.1 Å². The number of halogens is 1. The Bertz CT molecular complexity index is 938. The maximum atomic E-state index is 12.4. The summed E-state index contributed by atoms with van der Waals surface area (Å²) in [6, 6.07) is 10.8. The summed E-state index contributed by atoms with van der Waals surface area (Å²) in [5.41, 5.74) is 1.71. The van der Waals surface area contributed by atoms with E-state index in [0.29, 0.717) is 46.7 Å². The molecule has 0 saturated carbocycles. The zero-order chi connectivity index (χ0) is 17.2. The Morgan fingerprint density at radius 1 is 1.16 bits per heavy atom. The minimum Gasteiger partial charge on any atom is -0.490 e. The number of aromatic nitrogens is 1. The molecule has 4 rings (SSSR count). The van der Waals surface area contributed by atoms with Gasteiger partial charge < -0.3 is 19.3 Å². The molecule has 1 N–H and O–H groups in total. The van der Waals surface area contributed by atoms with E-state index in [1.54, 1.807) is 12.1 Å². The van der Waals surface area contributed by atoms with Crippen LogP contribution in [0.1, 0.15) is 12.1 Å². The van der Waals surface area contributed by atoms with Crippen LogP contribution in [0.15, 0.2) is 40.9 Å². The van der Waals surface area contributed by atoms with Gasteiger partial charge in [-0.2, -0.15) is 0 Å². The second-order valence-corrected chi connectivity index (χ2v) is 6.09. The average molecular weight is 359 g/mol. The second-order valence-electron chi connectivity index (χ2n) is 5.68. The number of para-hydroxylation sites is 1. The lowest BCUT2D eigenvalue weighted by atomic mass is 10.1. The number of carbonyl (C=O) groups is 1. The molecule has 25 heavy (non-hydrogen) atoms. The molecule has 1 aliphatic rings. The normalized spacial score (nSPS) is 13.5. The van der Waals surface area contributed by atoms with Gasteiger partial charge in [-0.1, -0.05) is 28.9 Å². The number of rotatable bonds is 3. The quantitative estimate of drug-likeness (QED) is 0.770. The Labute approximate surface area is 148 Å². The third-order valence-corrected chi connectivity index (χ3v) is 4.20. The number of hydrogen-bond acceptors (Lipinski definition) is 5. The molecule has 3 aromatic rings. The minimum absolute atomic E-state index is 0.0851. The summed E-state index contributed by atoms with van der Waals surface area (Å²) in [6.07, 6.45) is 0.884. The van der Waals surface area contributed by atoms with Gasteiger partial charge in [0, 0.05) is 23.9 Å². The van der Waals surface area contributed by atoms with Crippen LogP contribution in [0.25, 0.3) is 11.0 Å². The average Bonchev–Trinajstić information content (AvgIpc) is 2.86. The number of nitrogens with zero attached hydrogens (tertiary/aromatic N) is 1. The van der Waals surface area contributed by atoms with Gasteiger partial charge in [0.2, 0.25) is 5.91 Å². The zero-order valence-electron chi connectivity index (χ0n) is 13.3. The predicted molar refractivity (Wildman–Crippen MR) is 93.4 cm³/mol. The molecule has 0 bridgehead atoms. The van der Waals surface area contributed by atoms with Gasteiger partial charge in [-0.15, -0.1) is 0 Å². The van der Waals surface area contributed by atoms with Crippen molar-refractivity contribution >= 4 is 34.2 Å². The largest absolute Gasteiger partial charge is 0.490 e. The molecule has 0 saturated heterocycles. The Morgan fingerprint density at radius 3 is 2.76 bits per heavy atom. The Morgan fingerprint density at radius 2 is 1.92 bits per heavy atom. The number of ether oxygens (including phenoxy) is 2. The van der Waals surface area contributed by atoms with Crippen LogP contribution < -0.4 is 14.8 Å². The first-order valence-electron chi connectivity index (χ1n) is 7.93. The minimum atomic E-state index is -0.240. The van der Waals surface area contributed by atoms with Crippen molar-refractivity contribution in [3.05, 3.63) is 47.1 Å². The number of nitrogens with one attached hydrogen (secondary N) is 1. The molecule has 2 heterocycles.